The first-order valence-corrected chi connectivity index (χ1v) is 11.3. The minimum atomic E-state index is -3.43. The van der Waals surface area contributed by atoms with Crippen molar-refractivity contribution in [2.24, 2.45) is 0 Å². The van der Waals surface area contributed by atoms with Gasteiger partial charge in [0.1, 0.15) is 5.58 Å². The molecule has 1 aliphatic heterocycles. The quantitative estimate of drug-likeness (QED) is 0.630. The fourth-order valence-corrected chi connectivity index (χ4v) is 5.27. The third kappa shape index (κ3) is 4.03. The maximum absolute atomic E-state index is 13.0. The summed E-state index contributed by atoms with van der Waals surface area (Å²) >= 11 is 6.05. The van der Waals surface area contributed by atoms with E-state index in [2.05, 4.69) is 0 Å². The Morgan fingerprint density at radius 2 is 1.76 bits per heavy atom. The Morgan fingerprint density at radius 1 is 1.07 bits per heavy atom. The molecular formula is C21H21ClN2O4S. The van der Waals surface area contributed by atoms with Crippen molar-refractivity contribution in [2.45, 2.75) is 12.7 Å². The summed E-state index contributed by atoms with van der Waals surface area (Å²) in [5, 5.41) is 1.39. The monoisotopic (exact) mass is 432 g/mol. The van der Waals surface area contributed by atoms with Gasteiger partial charge in [0.25, 0.3) is 5.91 Å². The molecule has 152 valence electrons. The molecule has 1 aromatic heterocycles. The number of fused-ring (bicyclic) bond motifs is 1. The van der Waals surface area contributed by atoms with Crippen LogP contribution in [0.25, 0.3) is 11.0 Å². The number of hydrogen-bond acceptors (Lipinski definition) is 4. The predicted molar refractivity (Wildman–Crippen MR) is 113 cm³/mol. The van der Waals surface area contributed by atoms with Crippen LogP contribution in [-0.4, -0.2) is 49.7 Å². The van der Waals surface area contributed by atoms with Crippen molar-refractivity contribution in [1.29, 1.82) is 0 Å². The first-order valence-electron chi connectivity index (χ1n) is 9.35. The number of aryl methyl sites for hydroxylation is 1. The molecular weight excluding hydrogens is 412 g/mol. The molecule has 1 saturated heterocycles. The Kier molecular flexibility index (Phi) is 5.38. The van der Waals surface area contributed by atoms with E-state index in [9.17, 15) is 13.2 Å². The third-order valence-corrected chi connectivity index (χ3v) is 7.29. The van der Waals surface area contributed by atoms with E-state index in [-0.39, 0.29) is 30.5 Å². The van der Waals surface area contributed by atoms with Crippen molar-refractivity contribution < 1.29 is 17.6 Å². The van der Waals surface area contributed by atoms with Crippen LogP contribution < -0.4 is 0 Å². The molecule has 0 radical (unpaired) electrons. The maximum Gasteiger partial charge on any atom is 0.289 e. The molecule has 1 amide bonds. The standard InChI is InChI=1S/C21H21ClN2O4S/c1-15-18-13-17(22)7-8-19(18)28-20(15)21(25)23-9-11-24(12-10-23)29(26,27)14-16-5-3-2-4-6-16/h2-8,13H,9-12,14H2,1H3. The van der Waals surface area contributed by atoms with Crippen LogP contribution in [0.2, 0.25) is 5.02 Å². The minimum Gasteiger partial charge on any atom is -0.451 e. The summed E-state index contributed by atoms with van der Waals surface area (Å²) in [6, 6.07) is 14.3. The largest absolute Gasteiger partial charge is 0.451 e. The molecule has 1 aliphatic rings. The highest BCUT2D eigenvalue weighted by Gasteiger charge is 2.31. The smallest absolute Gasteiger partial charge is 0.289 e. The highest BCUT2D eigenvalue weighted by molar-refractivity contribution is 7.88. The number of rotatable bonds is 4. The summed E-state index contributed by atoms with van der Waals surface area (Å²) < 4.78 is 32.6. The van der Waals surface area contributed by atoms with E-state index < -0.39 is 10.0 Å². The predicted octanol–water partition coefficient (Wildman–Crippen LogP) is 3.68. The van der Waals surface area contributed by atoms with Crippen LogP contribution in [0.15, 0.2) is 52.9 Å². The number of amides is 1. The SMILES string of the molecule is Cc1c(C(=O)N2CCN(S(=O)(=O)Cc3ccccc3)CC2)oc2ccc(Cl)cc12. The normalized spacial score (nSPS) is 15.7. The molecule has 0 unspecified atom stereocenters. The third-order valence-electron chi connectivity index (χ3n) is 5.20. The second-order valence-electron chi connectivity index (χ2n) is 7.13. The minimum absolute atomic E-state index is 0.0365. The zero-order valence-corrected chi connectivity index (χ0v) is 17.5. The van der Waals surface area contributed by atoms with E-state index in [1.807, 2.05) is 25.1 Å². The van der Waals surface area contributed by atoms with Gasteiger partial charge in [0, 0.05) is 42.2 Å². The van der Waals surface area contributed by atoms with Gasteiger partial charge in [-0.2, -0.15) is 4.31 Å². The average Bonchev–Trinajstić information content (AvgIpc) is 3.04. The molecule has 1 fully saturated rings. The number of carbonyl (C=O) groups excluding carboxylic acids is 1. The second-order valence-corrected chi connectivity index (χ2v) is 9.54. The summed E-state index contributed by atoms with van der Waals surface area (Å²) in [7, 11) is -3.43. The van der Waals surface area contributed by atoms with Gasteiger partial charge < -0.3 is 9.32 Å². The molecule has 0 bridgehead atoms. The number of nitrogens with zero attached hydrogens (tertiary/aromatic N) is 2. The molecule has 0 saturated carbocycles. The van der Waals surface area contributed by atoms with Crippen molar-refractivity contribution in [3.8, 4) is 0 Å². The lowest BCUT2D eigenvalue weighted by atomic mass is 10.1. The maximum atomic E-state index is 13.0. The molecule has 6 nitrogen and oxygen atoms in total. The van der Waals surface area contributed by atoms with Gasteiger partial charge in [-0.05, 0) is 30.7 Å². The van der Waals surface area contributed by atoms with Gasteiger partial charge in [-0.1, -0.05) is 41.9 Å². The summed E-state index contributed by atoms with van der Waals surface area (Å²) in [5.74, 6) is 0.0170. The van der Waals surface area contributed by atoms with Gasteiger partial charge >= 0.3 is 0 Å². The number of carbonyl (C=O) groups is 1. The summed E-state index contributed by atoms with van der Waals surface area (Å²) in [5.41, 5.74) is 2.11. The number of furan rings is 1. The van der Waals surface area contributed by atoms with Crippen LogP contribution in [0.5, 0.6) is 0 Å². The van der Waals surface area contributed by atoms with Gasteiger partial charge in [-0.15, -0.1) is 0 Å². The molecule has 3 aromatic rings. The van der Waals surface area contributed by atoms with Crippen LogP contribution >= 0.6 is 11.6 Å². The van der Waals surface area contributed by atoms with Gasteiger partial charge in [-0.3, -0.25) is 4.79 Å². The number of piperazine rings is 1. The fraction of sp³-hybridized carbons (Fsp3) is 0.286. The molecule has 0 spiro atoms. The fourth-order valence-electron chi connectivity index (χ4n) is 3.59. The Hall–Kier alpha value is -2.35. The summed E-state index contributed by atoms with van der Waals surface area (Å²) in [6.45, 7) is 3.02. The molecule has 2 heterocycles. The van der Waals surface area contributed by atoms with E-state index in [1.165, 1.54) is 4.31 Å². The molecule has 2 aromatic carbocycles. The Balaban J connectivity index is 1.46. The van der Waals surface area contributed by atoms with E-state index in [1.54, 1.807) is 35.2 Å². The van der Waals surface area contributed by atoms with Crippen molar-refractivity contribution in [3.05, 3.63) is 70.4 Å². The van der Waals surface area contributed by atoms with Crippen LogP contribution in [0.1, 0.15) is 21.7 Å². The van der Waals surface area contributed by atoms with E-state index in [0.717, 1.165) is 16.5 Å². The van der Waals surface area contributed by atoms with Crippen LogP contribution in [-0.2, 0) is 15.8 Å². The van der Waals surface area contributed by atoms with Crippen molar-refractivity contribution in [1.82, 2.24) is 9.21 Å². The lowest BCUT2D eigenvalue weighted by Crippen LogP contribution is -2.50. The highest BCUT2D eigenvalue weighted by atomic mass is 35.5. The zero-order valence-electron chi connectivity index (χ0n) is 16.0. The van der Waals surface area contributed by atoms with Crippen molar-refractivity contribution >= 4 is 38.5 Å². The van der Waals surface area contributed by atoms with Crippen molar-refractivity contribution in [2.75, 3.05) is 26.2 Å². The van der Waals surface area contributed by atoms with Crippen molar-refractivity contribution in [3.63, 3.8) is 0 Å². The number of halogens is 1. The Labute approximate surface area is 174 Å². The lowest BCUT2D eigenvalue weighted by Gasteiger charge is -2.33. The van der Waals surface area contributed by atoms with Crippen LogP contribution in [0, 0.1) is 6.92 Å². The summed E-state index contributed by atoms with van der Waals surface area (Å²) in [4.78, 5) is 14.6. The Bertz CT molecular complexity index is 1150. The van der Waals surface area contributed by atoms with Gasteiger partial charge in [0.15, 0.2) is 5.76 Å². The zero-order chi connectivity index (χ0) is 20.6. The van der Waals surface area contributed by atoms with E-state index in [4.69, 9.17) is 16.0 Å². The number of benzene rings is 2. The molecule has 0 aliphatic carbocycles. The summed E-state index contributed by atoms with van der Waals surface area (Å²) in [6.07, 6.45) is 0. The first kappa shape index (κ1) is 19.9. The van der Waals surface area contributed by atoms with Gasteiger partial charge in [0.2, 0.25) is 10.0 Å². The van der Waals surface area contributed by atoms with Gasteiger partial charge in [0.05, 0.1) is 5.75 Å². The first-order chi connectivity index (χ1) is 13.8. The second kappa shape index (κ2) is 7.82. The number of hydrogen-bond donors (Lipinski definition) is 0. The molecule has 29 heavy (non-hydrogen) atoms. The lowest BCUT2D eigenvalue weighted by molar-refractivity contribution is 0.0667. The van der Waals surface area contributed by atoms with E-state index >= 15 is 0 Å². The highest BCUT2D eigenvalue weighted by Crippen LogP contribution is 2.29. The number of sulfonamides is 1. The molecule has 4 rings (SSSR count). The van der Waals surface area contributed by atoms with Crippen LogP contribution in [0.4, 0.5) is 0 Å². The van der Waals surface area contributed by atoms with E-state index in [0.29, 0.717) is 23.7 Å². The molecule has 0 atom stereocenters. The average molecular weight is 433 g/mol. The van der Waals surface area contributed by atoms with Crippen LogP contribution in [0.3, 0.4) is 0 Å². The van der Waals surface area contributed by atoms with Gasteiger partial charge in [-0.25, -0.2) is 8.42 Å². The topological polar surface area (TPSA) is 70.8 Å². The molecule has 8 heteroatoms. The Morgan fingerprint density at radius 3 is 2.45 bits per heavy atom. The molecule has 0 N–H and O–H groups in total.